The van der Waals surface area contributed by atoms with Gasteiger partial charge in [0.05, 0.1) is 17.4 Å². The summed E-state index contributed by atoms with van der Waals surface area (Å²) in [6.07, 6.45) is 9.19. The summed E-state index contributed by atoms with van der Waals surface area (Å²) in [6, 6.07) is 5.91. The van der Waals surface area contributed by atoms with Crippen LogP contribution in [0.5, 0.6) is 0 Å². The van der Waals surface area contributed by atoms with Crippen LogP contribution in [0, 0.1) is 12.8 Å². The van der Waals surface area contributed by atoms with Crippen LogP contribution in [0.25, 0.3) is 5.69 Å². The molecule has 3 aromatic rings. The number of hydrogen-bond acceptors (Lipinski definition) is 4. The third-order valence-electron chi connectivity index (χ3n) is 4.94. The second-order valence-corrected chi connectivity index (χ2v) is 7.02. The van der Waals surface area contributed by atoms with Crippen molar-refractivity contribution in [2.24, 2.45) is 13.0 Å². The quantitative estimate of drug-likeness (QED) is 0.722. The minimum Gasteiger partial charge on any atom is -0.338 e. The first-order valence-electron chi connectivity index (χ1n) is 8.82. The summed E-state index contributed by atoms with van der Waals surface area (Å²) in [6.45, 7) is 3.57. The van der Waals surface area contributed by atoms with Gasteiger partial charge in [0.1, 0.15) is 12.7 Å². The Morgan fingerprint density at radius 2 is 2.08 bits per heavy atom. The van der Waals surface area contributed by atoms with E-state index >= 15 is 0 Å². The van der Waals surface area contributed by atoms with E-state index in [1.54, 1.807) is 17.2 Å². The van der Waals surface area contributed by atoms with E-state index in [-0.39, 0.29) is 5.91 Å². The fourth-order valence-electron chi connectivity index (χ4n) is 3.64. The van der Waals surface area contributed by atoms with Gasteiger partial charge >= 0.3 is 0 Å². The molecule has 1 aliphatic rings. The van der Waals surface area contributed by atoms with Crippen molar-refractivity contribution in [3.05, 3.63) is 59.9 Å². The molecule has 1 aromatic carbocycles. The molecule has 0 bridgehead atoms. The molecular weight excluding hydrogens is 328 g/mol. The molecule has 0 N–H and O–H groups in total. The lowest BCUT2D eigenvalue weighted by atomic mass is 10.0. The van der Waals surface area contributed by atoms with Crippen molar-refractivity contribution in [3.63, 3.8) is 0 Å². The fraction of sp³-hybridized carbons (Fsp3) is 0.368. The first-order valence-corrected chi connectivity index (χ1v) is 8.82. The summed E-state index contributed by atoms with van der Waals surface area (Å²) in [5.74, 6) is 0.553. The molecule has 1 saturated heterocycles. The molecular formula is C19H22N6O. The Bertz CT molecular complexity index is 914. The van der Waals surface area contributed by atoms with Crippen LogP contribution < -0.4 is 0 Å². The van der Waals surface area contributed by atoms with Crippen LogP contribution in [0.15, 0.2) is 43.2 Å². The maximum absolute atomic E-state index is 13.2. The number of likely N-dealkylation sites (tertiary alicyclic amines) is 1. The molecule has 1 atom stereocenters. The summed E-state index contributed by atoms with van der Waals surface area (Å²) in [5, 5.41) is 12.0. The first kappa shape index (κ1) is 16.5. The van der Waals surface area contributed by atoms with E-state index in [9.17, 15) is 4.79 Å². The highest BCUT2D eigenvalue weighted by Crippen LogP contribution is 2.25. The zero-order valence-corrected chi connectivity index (χ0v) is 15.0. The molecule has 1 amide bonds. The van der Waals surface area contributed by atoms with Crippen LogP contribution in [0.3, 0.4) is 0 Å². The van der Waals surface area contributed by atoms with Crippen molar-refractivity contribution in [2.45, 2.75) is 19.8 Å². The summed E-state index contributed by atoms with van der Waals surface area (Å²) >= 11 is 0. The molecule has 4 rings (SSSR count). The number of aryl methyl sites for hydroxylation is 2. The smallest absolute Gasteiger partial charge is 0.256 e. The molecule has 0 radical (unpaired) electrons. The maximum atomic E-state index is 13.2. The van der Waals surface area contributed by atoms with Crippen LogP contribution in [0.2, 0.25) is 0 Å². The van der Waals surface area contributed by atoms with Gasteiger partial charge in [-0.2, -0.15) is 5.10 Å². The number of nitrogens with zero attached hydrogens (tertiary/aromatic N) is 6. The monoisotopic (exact) mass is 350 g/mol. The maximum Gasteiger partial charge on any atom is 0.256 e. The molecule has 1 fully saturated rings. The Morgan fingerprint density at radius 1 is 1.27 bits per heavy atom. The van der Waals surface area contributed by atoms with Gasteiger partial charge in [-0.25, -0.2) is 0 Å². The third kappa shape index (κ3) is 3.24. The molecule has 0 spiro atoms. The SMILES string of the molecule is Cc1ccc(-n2cnnc2)c(C(=O)N2CCC(Cc3cnn(C)c3)C2)c1. The zero-order chi connectivity index (χ0) is 18.1. The number of aromatic nitrogens is 5. The summed E-state index contributed by atoms with van der Waals surface area (Å²) in [5.41, 5.74) is 3.82. The van der Waals surface area contributed by atoms with Crippen molar-refractivity contribution in [1.82, 2.24) is 29.4 Å². The van der Waals surface area contributed by atoms with Crippen molar-refractivity contribution >= 4 is 5.91 Å². The Labute approximate surface area is 152 Å². The van der Waals surface area contributed by atoms with Gasteiger partial charge < -0.3 is 4.90 Å². The van der Waals surface area contributed by atoms with E-state index in [2.05, 4.69) is 21.5 Å². The number of hydrogen-bond donors (Lipinski definition) is 0. The summed E-state index contributed by atoms with van der Waals surface area (Å²) < 4.78 is 3.61. The molecule has 26 heavy (non-hydrogen) atoms. The Kier molecular flexibility index (Phi) is 4.28. The van der Waals surface area contributed by atoms with Gasteiger partial charge in [0.2, 0.25) is 0 Å². The van der Waals surface area contributed by atoms with E-state index in [4.69, 9.17) is 0 Å². The molecule has 134 valence electrons. The van der Waals surface area contributed by atoms with Gasteiger partial charge in [-0.15, -0.1) is 10.2 Å². The highest BCUT2D eigenvalue weighted by atomic mass is 16.2. The standard InChI is InChI=1S/C19H22N6O/c1-14-3-4-18(25-12-20-21-13-25)17(7-14)19(26)24-6-5-15(11-24)8-16-9-22-23(2)10-16/h3-4,7,9-10,12-13,15H,5-6,8,11H2,1-2H3. The van der Waals surface area contributed by atoms with E-state index in [0.717, 1.165) is 37.2 Å². The minimum atomic E-state index is 0.0751. The Hall–Kier alpha value is -2.96. The molecule has 3 heterocycles. The van der Waals surface area contributed by atoms with Gasteiger partial charge in [-0.3, -0.25) is 14.0 Å². The van der Waals surface area contributed by atoms with Gasteiger partial charge in [0.15, 0.2) is 0 Å². The fourth-order valence-corrected chi connectivity index (χ4v) is 3.64. The van der Waals surface area contributed by atoms with Gasteiger partial charge in [0, 0.05) is 26.3 Å². The second-order valence-electron chi connectivity index (χ2n) is 7.02. The molecule has 0 saturated carbocycles. The molecule has 7 nitrogen and oxygen atoms in total. The molecule has 1 aliphatic heterocycles. The first-order chi connectivity index (χ1) is 12.6. The average molecular weight is 350 g/mol. The Morgan fingerprint density at radius 3 is 2.81 bits per heavy atom. The van der Waals surface area contributed by atoms with E-state index < -0.39 is 0 Å². The topological polar surface area (TPSA) is 68.8 Å². The average Bonchev–Trinajstić information content (AvgIpc) is 3.37. The normalized spacial score (nSPS) is 17.0. The van der Waals surface area contributed by atoms with Crippen molar-refractivity contribution in [3.8, 4) is 5.69 Å². The van der Waals surface area contributed by atoms with Crippen LogP contribution in [-0.2, 0) is 13.5 Å². The van der Waals surface area contributed by atoms with Gasteiger partial charge in [-0.05, 0) is 43.4 Å². The molecule has 7 heteroatoms. The number of carbonyl (C=O) groups excluding carboxylic acids is 1. The van der Waals surface area contributed by atoms with Crippen LogP contribution in [0.1, 0.15) is 27.9 Å². The largest absolute Gasteiger partial charge is 0.338 e. The predicted molar refractivity (Wildman–Crippen MR) is 97.0 cm³/mol. The molecule has 0 aliphatic carbocycles. The van der Waals surface area contributed by atoms with Crippen LogP contribution >= 0.6 is 0 Å². The lowest BCUT2D eigenvalue weighted by molar-refractivity contribution is 0.0787. The lowest BCUT2D eigenvalue weighted by Crippen LogP contribution is -2.30. The van der Waals surface area contributed by atoms with E-state index in [0.29, 0.717) is 11.5 Å². The number of rotatable bonds is 4. The number of carbonyl (C=O) groups is 1. The van der Waals surface area contributed by atoms with Gasteiger partial charge in [0.25, 0.3) is 5.91 Å². The summed E-state index contributed by atoms with van der Waals surface area (Å²) in [4.78, 5) is 15.1. The molecule has 2 aromatic heterocycles. The Balaban J connectivity index is 1.52. The number of benzene rings is 1. The zero-order valence-electron chi connectivity index (χ0n) is 15.0. The van der Waals surface area contributed by atoms with Crippen LogP contribution in [0.4, 0.5) is 0 Å². The predicted octanol–water partition coefficient (Wildman–Crippen LogP) is 2.01. The van der Waals surface area contributed by atoms with Crippen LogP contribution in [-0.4, -0.2) is 48.4 Å². The van der Waals surface area contributed by atoms with E-state index in [1.165, 1.54) is 5.56 Å². The van der Waals surface area contributed by atoms with Crippen molar-refractivity contribution in [2.75, 3.05) is 13.1 Å². The van der Waals surface area contributed by atoms with Gasteiger partial charge in [-0.1, -0.05) is 11.6 Å². The number of amides is 1. The van der Waals surface area contributed by atoms with Crippen molar-refractivity contribution in [1.29, 1.82) is 0 Å². The lowest BCUT2D eigenvalue weighted by Gasteiger charge is -2.19. The van der Waals surface area contributed by atoms with E-state index in [1.807, 2.05) is 47.9 Å². The molecule has 1 unspecified atom stereocenters. The summed E-state index contributed by atoms with van der Waals surface area (Å²) in [7, 11) is 1.93. The highest BCUT2D eigenvalue weighted by molar-refractivity contribution is 5.98. The second kappa shape index (κ2) is 6.74. The third-order valence-corrected chi connectivity index (χ3v) is 4.94. The minimum absolute atomic E-state index is 0.0751. The van der Waals surface area contributed by atoms with Crippen molar-refractivity contribution < 1.29 is 4.79 Å². The highest BCUT2D eigenvalue weighted by Gasteiger charge is 2.28.